The van der Waals surface area contributed by atoms with E-state index in [0.29, 0.717) is 11.8 Å². The van der Waals surface area contributed by atoms with Crippen LogP contribution in [0.2, 0.25) is 0 Å². The van der Waals surface area contributed by atoms with Crippen molar-refractivity contribution in [3.8, 4) is 5.75 Å². The van der Waals surface area contributed by atoms with Gasteiger partial charge in [-0.1, -0.05) is 31.4 Å². The molecule has 1 saturated carbocycles. The molecule has 19 heavy (non-hydrogen) atoms. The van der Waals surface area contributed by atoms with Crippen molar-refractivity contribution in [1.82, 2.24) is 4.90 Å². The van der Waals surface area contributed by atoms with E-state index in [9.17, 15) is 5.11 Å². The third kappa shape index (κ3) is 2.64. The first kappa shape index (κ1) is 13.0. The van der Waals surface area contributed by atoms with Crippen LogP contribution in [0.5, 0.6) is 5.75 Å². The fourth-order valence-corrected chi connectivity index (χ4v) is 4.18. The van der Waals surface area contributed by atoms with Crippen molar-refractivity contribution < 1.29 is 5.11 Å². The summed E-state index contributed by atoms with van der Waals surface area (Å²) in [5.41, 5.74) is 1.28. The second kappa shape index (κ2) is 5.54. The van der Waals surface area contributed by atoms with Gasteiger partial charge in [0.1, 0.15) is 5.75 Å². The first-order valence-electron chi connectivity index (χ1n) is 7.76. The lowest BCUT2D eigenvalue weighted by molar-refractivity contribution is 0.0588. The molecule has 0 spiro atoms. The number of phenolic OH excluding ortho intramolecular Hbond substituents is 1. The second-order valence-corrected chi connectivity index (χ2v) is 6.32. The Morgan fingerprint density at radius 2 is 1.89 bits per heavy atom. The van der Waals surface area contributed by atoms with E-state index >= 15 is 0 Å². The van der Waals surface area contributed by atoms with Crippen LogP contribution in [0.1, 0.15) is 56.6 Å². The average Bonchev–Trinajstić information content (AvgIpc) is 2.65. The minimum atomic E-state index is 0.397. The summed E-state index contributed by atoms with van der Waals surface area (Å²) in [5, 5.41) is 9.69. The van der Waals surface area contributed by atoms with Gasteiger partial charge in [-0.05, 0) is 56.3 Å². The van der Waals surface area contributed by atoms with Crippen molar-refractivity contribution in [3.63, 3.8) is 0 Å². The summed E-state index contributed by atoms with van der Waals surface area (Å²) in [5.74, 6) is 1.30. The number of aromatic hydroxyl groups is 1. The van der Waals surface area contributed by atoms with Gasteiger partial charge in [0.2, 0.25) is 0 Å². The normalized spacial score (nSPS) is 32.6. The smallest absolute Gasteiger partial charge is 0.115 e. The molecule has 1 aromatic carbocycles. The molecule has 2 heteroatoms. The number of rotatable bonds is 1. The Hall–Kier alpha value is -1.02. The molecule has 2 nitrogen and oxygen atoms in total. The Morgan fingerprint density at radius 1 is 1.05 bits per heavy atom. The molecule has 1 N–H and O–H groups in total. The number of hydrogen-bond donors (Lipinski definition) is 1. The van der Waals surface area contributed by atoms with Crippen molar-refractivity contribution in [2.75, 3.05) is 7.05 Å². The zero-order valence-electron chi connectivity index (χ0n) is 11.9. The van der Waals surface area contributed by atoms with Crippen LogP contribution in [0.4, 0.5) is 0 Å². The molecule has 0 aromatic heterocycles. The maximum Gasteiger partial charge on any atom is 0.115 e. The van der Waals surface area contributed by atoms with E-state index in [2.05, 4.69) is 18.0 Å². The number of hydrogen-bond acceptors (Lipinski definition) is 2. The van der Waals surface area contributed by atoms with Crippen LogP contribution >= 0.6 is 0 Å². The van der Waals surface area contributed by atoms with Crippen LogP contribution in [0.25, 0.3) is 0 Å². The van der Waals surface area contributed by atoms with E-state index in [1.807, 2.05) is 12.1 Å². The zero-order valence-corrected chi connectivity index (χ0v) is 11.9. The molecule has 1 heterocycles. The van der Waals surface area contributed by atoms with Gasteiger partial charge in [-0.2, -0.15) is 0 Å². The molecule has 1 aromatic rings. The number of piperidine rings is 1. The van der Waals surface area contributed by atoms with Gasteiger partial charge in [-0.15, -0.1) is 0 Å². The van der Waals surface area contributed by atoms with Crippen LogP contribution < -0.4 is 0 Å². The molecule has 3 unspecified atom stereocenters. The highest BCUT2D eigenvalue weighted by Gasteiger charge is 2.35. The largest absolute Gasteiger partial charge is 0.508 e. The van der Waals surface area contributed by atoms with Crippen LogP contribution in [-0.2, 0) is 0 Å². The summed E-state index contributed by atoms with van der Waals surface area (Å²) in [7, 11) is 2.29. The molecule has 0 amide bonds. The molecular weight excluding hydrogens is 234 g/mol. The van der Waals surface area contributed by atoms with E-state index in [1.54, 1.807) is 6.07 Å². The summed E-state index contributed by atoms with van der Waals surface area (Å²) in [6, 6.07) is 9.09. The van der Waals surface area contributed by atoms with E-state index in [0.717, 1.165) is 12.0 Å². The lowest BCUT2D eigenvalue weighted by Crippen LogP contribution is -2.44. The summed E-state index contributed by atoms with van der Waals surface area (Å²) < 4.78 is 0. The van der Waals surface area contributed by atoms with Gasteiger partial charge < -0.3 is 5.11 Å². The minimum Gasteiger partial charge on any atom is -0.508 e. The molecule has 2 aliphatic rings. The van der Waals surface area contributed by atoms with E-state index in [-0.39, 0.29) is 0 Å². The number of phenols is 1. The van der Waals surface area contributed by atoms with Crippen LogP contribution in [0.3, 0.4) is 0 Å². The third-order valence-electron chi connectivity index (χ3n) is 5.20. The first-order valence-corrected chi connectivity index (χ1v) is 7.76. The third-order valence-corrected chi connectivity index (χ3v) is 5.20. The van der Waals surface area contributed by atoms with Crippen LogP contribution in [0.15, 0.2) is 24.3 Å². The van der Waals surface area contributed by atoms with Crippen LogP contribution in [-0.4, -0.2) is 23.1 Å². The fourth-order valence-electron chi connectivity index (χ4n) is 4.18. The van der Waals surface area contributed by atoms with Gasteiger partial charge >= 0.3 is 0 Å². The highest BCUT2D eigenvalue weighted by atomic mass is 16.3. The molecule has 3 rings (SSSR count). The lowest BCUT2D eigenvalue weighted by atomic mass is 9.81. The molecule has 1 aliphatic heterocycles. The van der Waals surface area contributed by atoms with Crippen molar-refractivity contribution in [2.24, 2.45) is 5.92 Å². The molecule has 0 radical (unpaired) electrons. The molecule has 3 atom stereocenters. The average molecular weight is 259 g/mol. The topological polar surface area (TPSA) is 23.5 Å². The second-order valence-electron chi connectivity index (χ2n) is 6.32. The Labute approximate surface area is 116 Å². The first-order chi connectivity index (χ1) is 9.25. The van der Waals surface area contributed by atoms with Gasteiger partial charge in [-0.3, -0.25) is 4.90 Å². The van der Waals surface area contributed by atoms with Gasteiger partial charge in [0.25, 0.3) is 0 Å². The minimum absolute atomic E-state index is 0.397. The number of likely N-dealkylation sites (tertiary alicyclic amines) is 1. The van der Waals surface area contributed by atoms with Crippen molar-refractivity contribution in [1.29, 1.82) is 0 Å². The Bertz CT molecular complexity index is 431. The van der Waals surface area contributed by atoms with E-state index in [4.69, 9.17) is 0 Å². The summed E-state index contributed by atoms with van der Waals surface area (Å²) in [6.07, 6.45) is 9.59. The van der Waals surface area contributed by atoms with Crippen LogP contribution in [0, 0.1) is 5.92 Å². The monoisotopic (exact) mass is 259 g/mol. The quantitative estimate of drug-likeness (QED) is 0.820. The van der Waals surface area contributed by atoms with Gasteiger partial charge in [0.15, 0.2) is 0 Å². The fraction of sp³-hybridized carbons (Fsp3) is 0.647. The van der Waals surface area contributed by atoms with Gasteiger partial charge in [0, 0.05) is 12.1 Å². The summed E-state index contributed by atoms with van der Waals surface area (Å²) >= 11 is 0. The molecule has 1 aliphatic carbocycles. The predicted molar refractivity (Wildman–Crippen MR) is 78.2 cm³/mol. The van der Waals surface area contributed by atoms with Gasteiger partial charge in [-0.25, -0.2) is 0 Å². The molecule has 2 fully saturated rings. The Morgan fingerprint density at radius 3 is 2.74 bits per heavy atom. The number of nitrogens with zero attached hydrogens (tertiary/aromatic N) is 1. The Kier molecular flexibility index (Phi) is 3.79. The van der Waals surface area contributed by atoms with E-state index in [1.165, 1.54) is 50.5 Å². The zero-order chi connectivity index (χ0) is 13.2. The highest BCUT2D eigenvalue weighted by molar-refractivity contribution is 5.29. The Balaban J connectivity index is 1.81. The van der Waals surface area contributed by atoms with Crippen molar-refractivity contribution in [3.05, 3.63) is 29.8 Å². The number of benzene rings is 1. The summed E-state index contributed by atoms with van der Waals surface area (Å²) in [6.45, 7) is 0. The molecule has 0 bridgehead atoms. The highest BCUT2D eigenvalue weighted by Crippen LogP contribution is 2.41. The summed E-state index contributed by atoms with van der Waals surface area (Å²) in [4.78, 5) is 2.59. The van der Waals surface area contributed by atoms with Gasteiger partial charge in [0.05, 0.1) is 0 Å². The van der Waals surface area contributed by atoms with Crippen molar-refractivity contribution in [2.45, 2.75) is 57.0 Å². The van der Waals surface area contributed by atoms with Crippen molar-refractivity contribution >= 4 is 0 Å². The maximum atomic E-state index is 9.69. The predicted octanol–water partition coefficient (Wildman–Crippen LogP) is 4.11. The van der Waals surface area contributed by atoms with E-state index < -0.39 is 0 Å². The standard InChI is InChI=1S/C17H25NO/c1-18-16-9-4-2-3-6-13(16)10-11-17(18)14-7-5-8-15(19)12-14/h5,7-8,12-13,16-17,19H,2-4,6,9-11H2,1H3. The molecule has 1 saturated heterocycles. The SMILES string of the molecule is CN1C(c2cccc(O)c2)CCC2CCCCCC21. The number of fused-ring (bicyclic) bond motifs is 1. The molecule has 104 valence electrons. The molecular formula is C17H25NO. The maximum absolute atomic E-state index is 9.69. The lowest BCUT2D eigenvalue weighted by Gasteiger charge is -2.44.